The first-order valence-electron chi connectivity index (χ1n) is 6.93. The van der Waals surface area contributed by atoms with Crippen LogP contribution in [0.5, 0.6) is 0 Å². The number of rotatable bonds is 6. The molecule has 2 N–H and O–H groups in total. The zero-order valence-electron chi connectivity index (χ0n) is 11.4. The molecule has 1 atom stereocenters. The third kappa shape index (κ3) is 4.56. The zero-order valence-corrected chi connectivity index (χ0v) is 12.2. The van der Waals surface area contributed by atoms with Crippen molar-refractivity contribution >= 4 is 22.4 Å². The molecule has 2 heterocycles. The number of thiazole rings is 1. The van der Waals surface area contributed by atoms with Crippen molar-refractivity contribution in [3.8, 4) is 0 Å². The molecule has 0 aliphatic carbocycles. The molecule has 1 amide bonds. The summed E-state index contributed by atoms with van der Waals surface area (Å²) < 4.78 is 0. The van der Waals surface area contributed by atoms with Gasteiger partial charge in [-0.05, 0) is 32.4 Å². The van der Waals surface area contributed by atoms with Crippen molar-refractivity contribution in [1.82, 2.24) is 15.2 Å². The molecule has 1 aliphatic heterocycles. The molecular weight excluding hydrogens is 260 g/mol. The highest BCUT2D eigenvalue weighted by atomic mass is 32.1. The molecule has 5 nitrogen and oxygen atoms in total. The number of carbonyl (C=O) groups is 1. The minimum absolute atomic E-state index is 0.0361. The summed E-state index contributed by atoms with van der Waals surface area (Å²) in [6.07, 6.45) is 5.15. The molecule has 1 fully saturated rings. The van der Waals surface area contributed by atoms with E-state index in [1.54, 1.807) is 6.20 Å². The van der Waals surface area contributed by atoms with E-state index in [4.69, 9.17) is 0 Å². The number of anilines is 1. The van der Waals surface area contributed by atoms with Gasteiger partial charge in [0, 0.05) is 24.2 Å². The van der Waals surface area contributed by atoms with E-state index in [2.05, 4.69) is 27.4 Å². The van der Waals surface area contributed by atoms with E-state index in [-0.39, 0.29) is 5.91 Å². The lowest BCUT2D eigenvalue weighted by molar-refractivity contribution is -0.118. The van der Waals surface area contributed by atoms with Crippen LogP contribution < -0.4 is 10.6 Å². The fourth-order valence-corrected chi connectivity index (χ4v) is 3.00. The molecular formula is C13H22N4OS. The number of carbonyl (C=O) groups excluding carboxylic acids is 1. The van der Waals surface area contributed by atoms with Crippen molar-refractivity contribution in [2.75, 3.05) is 31.5 Å². The molecule has 0 spiro atoms. The largest absolute Gasteiger partial charge is 0.315 e. The van der Waals surface area contributed by atoms with Crippen LogP contribution >= 0.6 is 11.3 Å². The SMILES string of the molecule is CCCN(CC(=O)Nc1nccs1)C1CCCNC1. The quantitative estimate of drug-likeness (QED) is 0.831. The number of amides is 1. The smallest absolute Gasteiger partial charge is 0.240 e. The van der Waals surface area contributed by atoms with Crippen molar-refractivity contribution in [2.24, 2.45) is 0 Å². The fraction of sp³-hybridized carbons (Fsp3) is 0.692. The number of hydrogen-bond acceptors (Lipinski definition) is 5. The number of hydrogen-bond donors (Lipinski definition) is 2. The first kappa shape index (κ1) is 14.4. The molecule has 1 aromatic rings. The van der Waals surface area contributed by atoms with Crippen molar-refractivity contribution in [3.05, 3.63) is 11.6 Å². The van der Waals surface area contributed by atoms with Crippen molar-refractivity contribution in [2.45, 2.75) is 32.2 Å². The third-order valence-corrected chi connectivity index (χ3v) is 4.01. The van der Waals surface area contributed by atoms with Gasteiger partial charge in [0.2, 0.25) is 5.91 Å². The first-order chi connectivity index (χ1) is 9.29. The van der Waals surface area contributed by atoms with Crippen LogP contribution in [0.25, 0.3) is 0 Å². The molecule has 0 saturated carbocycles. The maximum atomic E-state index is 12.0. The second kappa shape index (κ2) is 7.57. The summed E-state index contributed by atoms with van der Waals surface area (Å²) in [5.74, 6) is 0.0361. The van der Waals surface area contributed by atoms with Gasteiger partial charge in [0.05, 0.1) is 6.54 Å². The minimum Gasteiger partial charge on any atom is -0.315 e. The van der Waals surface area contributed by atoms with E-state index in [0.717, 1.165) is 26.1 Å². The van der Waals surface area contributed by atoms with Gasteiger partial charge in [-0.2, -0.15) is 0 Å². The maximum absolute atomic E-state index is 12.0. The Labute approximate surface area is 118 Å². The Balaban J connectivity index is 1.86. The van der Waals surface area contributed by atoms with Gasteiger partial charge in [-0.25, -0.2) is 4.98 Å². The number of aromatic nitrogens is 1. The van der Waals surface area contributed by atoms with Gasteiger partial charge >= 0.3 is 0 Å². The van der Waals surface area contributed by atoms with Crippen LogP contribution in [0.15, 0.2) is 11.6 Å². The van der Waals surface area contributed by atoms with Gasteiger partial charge in [-0.1, -0.05) is 6.92 Å². The molecule has 0 radical (unpaired) electrons. The van der Waals surface area contributed by atoms with Crippen LogP contribution in [0, 0.1) is 0 Å². The summed E-state index contributed by atoms with van der Waals surface area (Å²) >= 11 is 1.45. The molecule has 0 aromatic carbocycles. The first-order valence-corrected chi connectivity index (χ1v) is 7.81. The highest BCUT2D eigenvalue weighted by Crippen LogP contribution is 2.13. The van der Waals surface area contributed by atoms with E-state index < -0.39 is 0 Å². The average Bonchev–Trinajstić information content (AvgIpc) is 2.92. The Bertz CT molecular complexity index is 376. The van der Waals surface area contributed by atoms with Gasteiger partial charge in [-0.15, -0.1) is 11.3 Å². The Kier molecular flexibility index (Phi) is 5.75. The van der Waals surface area contributed by atoms with Gasteiger partial charge in [0.1, 0.15) is 0 Å². The molecule has 0 bridgehead atoms. The lowest BCUT2D eigenvalue weighted by Crippen LogP contribution is -2.48. The highest BCUT2D eigenvalue weighted by Gasteiger charge is 2.22. The number of piperidine rings is 1. The summed E-state index contributed by atoms with van der Waals surface area (Å²) in [5, 5.41) is 8.81. The van der Waals surface area contributed by atoms with Crippen molar-refractivity contribution < 1.29 is 4.79 Å². The molecule has 106 valence electrons. The lowest BCUT2D eigenvalue weighted by atomic mass is 10.1. The van der Waals surface area contributed by atoms with Crippen molar-refractivity contribution in [1.29, 1.82) is 0 Å². The van der Waals surface area contributed by atoms with Crippen LogP contribution in [-0.2, 0) is 4.79 Å². The fourth-order valence-electron chi connectivity index (χ4n) is 2.45. The third-order valence-electron chi connectivity index (χ3n) is 3.32. The Hall–Kier alpha value is -0.980. The number of nitrogens with one attached hydrogen (secondary N) is 2. The van der Waals surface area contributed by atoms with Gasteiger partial charge in [0.15, 0.2) is 5.13 Å². The van der Waals surface area contributed by atoms with Crippen LogP contribution in [0.1, 0.15) is 26.2 Å². The standard InChI is InChI=1S/C13H22N4OS/c1-2-7-17(11-4-3-5-14-9-11)10-12(18)16-13-15-6-8-19-13/h6,8,11,14H,2-5,7,9-10H2,1H3,(H,15,16,18). The average molecular weight is 282 g/mol. The lowest BCUT2D eigenvalue weighted by Gasteiger charge is -2.33. The van der Waals surface area contributed by atoms with Crippen LogP contribution in [0.3, 0.4) is 0 Å². The highest BCUT2D eigenvalue weighted by molar-refractivity contribution is 7.13. The summed E-state index contributed by atoms with van der Waals surface area (Å²) in [6.45, 7) is 5.67. The molecule has 1 unspecified atom stereocenters. The zero-order chi connectivity index (χ0) is 13.5. The molecule has 6 heteroatoms. The minimum atomic E-state index is 0.0361. The monoisotopic (exact) mass is 282 g/mol. The van der Waals surface area contributed by atoms with Crippen molar-refractivity contribution in [3.63, 3.8) is 0 Å². The number of nitrogens with zero attached hydrogens (tertiary/aromatic N) is 2. The summed E-state index contributed by atoms with van der Waals surface area (Å²) in [5.41, 5.74) is 0. The van der Waals surface area contributed by atoms with Gasteiger partial charge in [-0.3, -0.25) is 9.69 Å². The Morgan fingerprint density at radius 1 is 1.68 bits per heavy atom. The summed E-state index contributed by atoms with van der Waals surface area (Å²) in [6, 6.07) is 0.482. The predicted octanol–water partition coefficient (Wildman–Crippen LogP) is 1.55. The van der Waals surface area contributed by atoms with Crippen LogP contribution in [0.2, 0.25) is 0 Å². The summed E-state index contributed by atoms with van der Waals surface area (Å²) in [7, 11) is 0. The van der Waals surface area contributed by atoms with E-state index in [1.165, 1.54) is 24.2 Å². The molecule has 1 saturated heterocycles. The van der Waals surface area contributed by atoms with E-state index in [1.807, 2.05) is 5.38 Å². The molecule has 1 aromatic heterocycles. The van der Waals surface area contributed by atoms with E-state index in [9.17, 15) is 4.79 Å². The van der Waals surface area contributed by atoms with Crippen LogP contribution in [-0.4, -0.2) is 48.0 Å². The molecule has 2 rings (SSSR count). The van der Waals surface area contributed by atoms with E-state index >= 15 is 0 Å². The normalized spacial score (nSPS) is 19.6. The van der Waals surface area contributed by atoms with Gasteiger partial charge in [0.25, 0.3) is 0 Å². The van der Waals surface area contributed by atoms with Gasteiger partial charge < -0.3 is 10.6 Å². The maximum Gasteiger partial charge on any atom is 0.240 e. The summed E-state index contributed by atoms with van der Waals surface area (Å²) in [4.78, 5) is 18.4. The van der Waals surface area contributed by atoms with E-state index in [0.29, 0.717) is 17.7 Å². The second-order valence-electron chi connectivity index (χ2n) is 4.86. The Morgan fingerprint density at radius 3 is 3.21 bits per heavy atom. The topological polar surface area (TPSA) is 57.3 Å². The second-order valence-corrected chi connectivity index (χ2v) is 5.75. The molecule has 19 heavy (non-hydrogen) atoms. The predicted molar refractivity (Wildman–Crippen MR) is 78.5 cm³/mol. The Morgan fingerprint density at radius 2 is 2.58 bits per heavy atom. The van der Waals surface area contributed by atoms with Crippen LogP contribution in [0.4, 0.5) is 5.13 Å². The molecule has 1 aliphatic rings.